The van der Waals surface area contributed by atoms with Gasteiger partial charge in [-0.3, -0.25) is 0 Å². The average Bonchev–Trinajstić information content (AvgIpc) is 3.77. The summed E-state index contributed by atoms with van der Waals surface area (Å²) in [5.41, 5.74) is 19.2. The number of hydrogen-bond donors (Lipinski definition) is 0. The maximum absolute atomic E-state index is 10.4. The van der Waals surface area contributed by atoms with Crippen LogP contribution in [0.25, 0.3) is 134 Å². The first-order valence-electron chi connectivity index (χ1n) is 23.5. The molecule has 1 aliphatic rings. The van der Waals surface area contributed by atoms with E-state index >= 15 is 0 Å². The summed E-state index contributed by atoms with van der Waals surface area (Å²) in [6.45, 7) is 0. The third-order valence-corrected chi connectivity index (χ3v) is 13.7. The van der Waals surface area contributed by atoms with Crippen molar-refractivity contribution in [2.45, 2.75) is 0 Å². The van der Waals surface area contributed by atoms with Crippen LogP contribution in [0.1, 0.15) is 5.56 Å². The molecule has 0 N–H and O–H groups in total. The van der Waals surface area contributed by atoms with Gasteiger partial charge in [0.25, 0.3) is 0 Å². The predicted molar refractivity (Wildman–Crippen MR) is 287 cm³/mol. The molecule has 0 saturated carbocycles. The molecule has 0 radical (unpaired) electrons. The van der Waals surface area contributed by atoms with Crippen molar-refractivity contribution in [1.82, 2.24) is 15.0 Å². The van der Waals surface area contributed by atoms with Crippen LogP contribution in [-0.2, 0) is 0 Å². The molecule has 13 rings (SSSR count). The zero-order chi connectivity index (χ0) is 46.5. The van der Waals surface area contributed by atoms with Crippen molar-refractivity contribution in [1.29, 1.82) is 5.26 Å². The summed E-state index contributed by atoms with van der Waals surface area (Å²) in [6, 6.07) is 87.7. The Morgan fingerprint density at radius 2 is 0.671 bits per heavy atom. The Hall–Kier alpha value is -9.56. The predicted octanol–water partition coefficient (Wildman–Crippen LogP) is 17.0. The fourth-order valence-corrected chi connectivity index (χ4v) is 10.1. The lowest BCUT2D eigenvalue weighted by Crippen LogP contribution is -2.00. The van der Waals surface area contributed by atoms with E-state index < -0.39 is 0 Å². The Morgan fingerprint density at radius 1 is 0.243 bits per heavy atom. The Balaban J connectivity index is 0.808. The largest absolute Gasteiger partial charge is 0.208 e. The smallest absolute Gasteiger partial charge is 0.164 e. The van der Waals surface area contributed by atoms with E-state index in [2.05, 4.69) is 212 Å². The third-order valence-electron chi connectivity index (χ3n) is 13.7. The minimum absolute atomic E-state index is 0.596. The van der Waals surface area contributed by atoms with Crippen LogP contribution < -0.4 is 0 Å². The maximum atomic E-state index is 10.4. The van der Waals surface area contributed by atoms with Gasteiger partial charge >= 0.3 is 0 Å². The van der Waals surface area contributed by atoms with E-state index in [1.165, 1.54) is 49.4 Å². The molecule has 0 fully saturated rings. The van der Waals surface area contributed by atoms with E-state index in [-0.39, 0.29) is 0 Å². The quantitative estimate of drug-likeness (QED) is 0.152. The van der Waals surface area contributed by atoms with Gasteiger partial charge in [0.2, 0.25) is 0 Å². The van der Waals surface area contributed by atoms with Crippen LogP contribution in [0.4, 0.5) is 0 Å². The van der Waals surface area contributed by atoms with Crippen molar-refractivity contribution >= 4 is 21.5 Å². The lowest BCUT2D eigenvalue weighted by molar-refractivity contribution is 1.07. The second-order valence-electron chi connectivity index (χ2n) is 17.9. The highest BCUT2D eigenvalue weighted by molar-refractivity contribution is 6.15. The third kappa shape index (κ3) is 7.31. The Labute approximate surface area is 406 Å². The fraction of sp³-hybridized carbons (Fsp3) is 0. The topological polar surface area (TPSA) is 62.5 Å². The van der Waals surface area contributed by atoms with Gasteiger partial charge in [-0.25, -0.2) is 15.0 Å². The summed E-state index contributed by atoms with van der Waals surface area (Å²) in [5, 5.41) is 15.4. The molecule has 11 aromatic carbocycles. The Morgan fingerprint density at radius 3 is 1.37 bits per heavy atom. The molecule has 0 aliphatic heterocycles. The lowest BCUT2D eigenvalue weighted by atomic mass is 9.91. The molecule has 0 unspecified atom stereocenters. The normalized spacial score (nSPS) is 11.4. The minimum Gasteiger partial charge on any atom is -0.208 e. The molecule has 12 aromatic rings. The molecule has 1 aliphatic carbocycles. The molecule has 4 heteroatoms. The first-order chi connectivity index (χ1) is 34.6. The van der Waals surface area contributed by atoms with Gasteiger partial charge in [0.15, 0.2) is 17.5 Å². The highest BCUT2D eigenvalue weighted by Crippen LogP contribution is 2.48. The molecule has 0 spiro atoms. The number of nitrogens with zero attached hydrogens (tertiary/aromatic N) is 4. The summed E-state index contributed by atoms with van der Waals surface area (Å²) in [5.74, 6) is 1.82. The average molecular weight is 889 g/mol. The summed E-state index contributed by atoms with van der Waals surface area (Å²) in [6.07, 6.45) is 0. The summed E-state index contributed by atoms with van der Waals surface area (Å²) < 4.78 is 0. The van der Waals surface area contributed by atoms with Gasteiger partial charge in [-0.15, -0.1) is 0 Å². The molecule has 70 heavy (non-hydrogen) atoms. The fourth-order valence-electron chi connectivity index (χ4n) is 10.1. The molecule has 0 bridgehead atoms. The Kier molecular flexibility index (Phi) is 9.85. The van der Waals surface area contributed by atoms with Crippen LogP contribution in [0, 0.1) is 11.3 Å². The van der Waals surface area contributed by atoms with Crippen molar-refractivity contribution in [3.8, 4) is 118 Å². The zero-order valence-corrected chi connectivity index (χ0v) is 37.9. The number of aromatic nitrogens is 3. The van der Waals surface area contributed by atoms with E-state index in [0.717, 1.165) is 66.8 Å². The van der Waals surface area contributed by atoms with Crippen molar-refractivity contribution in [2.24, 2.45) is 0 Å². The van der Waals surface area contributed by atoms with Crippen LogP contribution in [0.3, 0.4) is 0 Å². The summed E-state index contributed by atoms with van der Waals surface area (Å²) >= 11 is 0. The monoisotopic (exact) mass is 888 g/mol. The van der Waals surface area contributed by atoms with E-state index in [4.69, 9.17) is 15.0 Å². The van der Waals surface area contributed by atoms with E-state index in [0.29, 0.717) is 23.0 Å². The minimum atomic E-state index is 0.596. The van der Waals surface area contributed by atoms with Crippen LogP contribution in [0.5, 0.6) is 0 Å². The van der Waals surface area contributed by atoms with Crippen molar-refractivity contribution in [3.63, 3.8) is 0 Å². The zero-order valence-electron chi connectivity index (χ0n) is 37.9. The molecule has 4 nitrogen and oxygen atoms in total. The van der Waals surface area contributed by atoms with Crippen molar-refractivity contribution < 1.29 is 0 Å². The summed E-state index contributed by atoms with van der Waals surface area (Å²) in [7, 11) is 0. The SMILES string of the molecule is N#Cc1ccc(-c2cccc(-c3ccc4c(c3)-c3cccc5cccc-4c35)c2)cc1-c1cccc(-c2ccc(-c3nc(-c4ccccc4)nc(-c4cccc(-c5ccc6ccccc6c5)c4)n3)cc2)c1. The van der Waals surface area contributed by atoms with Gasteiger partial charge in [0.1, 0.15) is 0 Å². The van der Waals surface area contributed by atoms with Crippen molar-refractivity contribution in [2.75, 3.05) is 0 Å². The Bertz CT molecular complexity index is 4070. The number of fused-ring (bicyclic) bond motifs is 4. The van der Waals surface area contributed by atoms with Crippen molar-refractivity contribution in [3.05, 3.63) is 248 Å². The second kappa shape index (κ2) is 16.9. The molecular weight excluding hydrogens is 849 g/mol. The first-order valence-corrected chi connectivity index (χ1v) is 23.5. The van der Waals surface area contributed by atoms with E-state index in [1.807, 2.05) is 36.4 Å². The van der Waals surface area contributed by atoms with E-state index in [1.54, 1.807) is 0 Å². The van der Waals surface area contributed by atoms with Crippen LogP contribution in [-0.4, -0.2) is 15.0 Å². The highest BCUT2D eigenvalue weighted by atomic mass is 15.0. The number of nitriles is 1. The molecule has 1 aromatic heterocycles. The maximum Gasteiger partial charge on any atom is 0.164 e. The molecule has 324 valence electrons. The number of benzene rings is 11. The van der Waals surface area contributed by atoms with Crippen LogP contribution in [0.15, 0.2) is 243 Å². The molecule has 0 amide bonds. The first kappa shape index (κ1) is 40.7. The lowest BCUT2D eigenvalue weighted by Gasteiger charge is -2.12. The molecule has 1 heterocycles. The standard InChI is InChI=1S/C66H40N4/c67-41-57-32-31-53(49-18-6-19-50(36-49)54-33-34-58-59-23-9-15-44-16-10-24-60(63(44)59)62(58)40-54)39-61(57)55-21-7-17-48(37-55)43-25-28-46(29-26-43)65-68-64(45-12-2-1-3-13-45)69-66(70-65)56-22-8-20-51(38-56)52-30-27-42-11-4-5-14-47(42)35-52/h1-40H. The summed E-state index contributed by atoms with van der Waals surface area (Å²) in [4.78, 5) is 15.1. The van der Waals surface area contributed by atoms with Crippen LogP contribution in [0.2, 0.25) is 0 Å². The van der Waals surface area contributed by atoms with Gasteiger partial charge in [-0.2, -0.15) is 5.26 Å². The van der Waals surface area contributed by atoms with E-state index in [9.17, 15) is 5.26 Å². The highest BCUT2D eigenvalue weighted by Gasteiger charge is 2.22. The second-order valence-corrected chi connectivity index (χ2v) is 17.9. The molecule has 0 saturated heterocycles. The van der Waals surface area contributed by atoms with Gasteiger partial charge in [0, 0.05) is 22.3 Å². The molecular formula is C66H40N4. The van der Waals surface area contributed by atoms with Gasteiger partial charge in [0.05, 0.1) is 11.6 Å². The number of rotatable bonds is 8. The molecule has 0 atom stereocenters. The van der Waals surface area contributed by atoms with Gasteiger partial charge in [-0.05, 0) is 136 Å². The van der Waals surface area contributed by atoms with Gasteiger partial charge < -0.3 is 0 Å². The van der Waals surface area contributed by atoms with Gasteiger partial charge in [-0.1, -0.05) is 200 Å². The number of hydrogen-bond acceptors (Lipinski definition) is 4. The van der Waals surface area contributed by atoms with Crippen LogP contribution >= 0.6 is 0 Å².